The van der Waals surface area contributed by atoms with Crippen LogP contribution in [-0.4, -0.2) is 29.6 Å². The zero-order valence-electron chi connectivity index (χ0n) is 9.35. The predicted molar refractivity (Wildman–Crippen MR) is 57.7 cm³/mol. The van der Waals surface area contributed by atoms with E-state index in [1.807, 2.05) is 6.92 Å². The van der Waals surface area contributed by atoms with Crippen LogP contribution >= 0.6 is 0 Å². The van der Waals surface area contributed by atoms with Crippen molar-refractivity contribution in [3.8, 4) is 0 Å². The maximum atomic E-state index is 3.88. The number of hydrogen-bond acceptors (Lipinski definition) is 2. The Labute approximate surface area is 82.0 Å². The van der Waals surface area contributed by atoms with Crippen LogP contribution in [0.2, 0.25) is 0 Å². The summed E-state index contributed by atoms with van der Waals surface area (Å²) in [5, 5.41) is 3.41. The first-order valence-electron chi connectivity index (χ1n) is 5.06. The van der Waals surface area contributed by atoms with Crippen molar-refractivity contribution in [2.24, 2.45) is 0 Å². The average molecular weight is 182 g/mol. The number of nitrogens with one attached hydrogen (secondary N) is 1. The summed E-state index contributed by atoms with van der Waals surface area (Å²) in [6.07, 6.45) is 1.24. The van der Waals surface area contributed by atoms with Crippen LogP contribution in [0.25, 0.3) is 0 Å². The first kappa shape index (κ1) is 10.6. The zero-order valence-corrected chi connectivity index (χ0v) is 9.35. The van der Waals surface area contributed by atoms with Crippen molar-refractivity contribution in [3.63, 3.8) is 0 Å². The van der Waals surface area contributed by atoms with E-state index in [0.29, 0.717) is 11.6 Å². The Bertz CT molecular complexity index is 191. The Balaban J connectivity index is 2.41. The smallest absolute Gasteiger partial charge is 0.0397 e. The number of likely N-dealkylation sites (tertiary alicyclic amines) is 1. The number of hydrogen-bond donors (Lipinski definition) is 1. The summed E-state index contributed by atoms with van der Waals surface area (Å²) < 4.78 is 0. The van der Waals surface area contributed by atoms with Crippen LogP contribution in [0.1, 0.15) is 34.1 Å². The third kappa shape index (κ3) is 3.03. The Morgan fingerprint density at radius 1 is 1.46 bits per heavy atom. The molecule has 1 atom stereocenters. The van der Waals surface area contributed by atoms with Gasteiger partial charge in [0.1, 0.15) is 0 Å². The topological polar surface area (TPSA) is 15.3 Å². The van der Waals surface area contributed by atoms with Crippen molar-refractivity contribution in [2.45, 2.75) is 45.7 Å². The van der Waals surface area contributed by atoms with Crippen molar-refractivity contribution >= 4 is 0 Å². The lowest BCUT2D eigenvalue weighted by Crippen LogP contribution is -2.41. The normalized spacial score (nSPS) is 24.8. The molecular weight excluding hydrogens is 160 g/mol. The van der Waals surface area contributed by atoms with Gasteiger partial charge in [-0.05, 0) is 34.1 Å². The minimum absolute atomic E-state index is 0.311. The highest BCUT2D eigenvalue weighted by Crippen LogP contribution is 2.20. The van der Waals surface area contributed by atoms with Crippen LogP contribution in [0.5, 0.6) is 0 Å². The van der Waals surface area contributed by atoms with Crippen molar-refractivity contribution in [1.82, 2.24) is 10.2 Å². The highest BCUT2D eigenvalue weighted by molar-refractivity contribution is 4.95. The Kier molecular flexibility index (Phi) is 3.01. The van der Waals surface area contributed by atoms with Gasteiger partial charge in [-0.15, -0.1) is 0 Å². The van der Waals surface area contributed by atoms with E-state index in [9.17, 15) is 0 Å². The first-order chi connectivity index (χ1) is 5.89. The molecule has 2 nitrogen and oxygen atoms in total. The van der Waals surface area contributed by atoms with Crippen LogP contribution in [0.3, 0.4) is 0 Å². The number of nitrogens with zero attached hydrogens (tertiary/aromatic N) is 1. The molecular formula is C11H22N2. The molecule has 0 saturated carbocycles. The molecule has 0 aromatic rings. The molecule has 13 heavy (non-hydrogen) atoms. The van der Waals surface area contributed by atoms with Crippen LogP contribution in [-0.2, 0) is 0 Å². The van der Waals surface area contributed by atoms with Gasteiger partial charge in [0.2, 0.25) is 0 Å². The molecule has 1 saturated heterocycles. The standard InChI is InChI=1S/C11H22N2/c1-9(2)12-10-6-7-13(8-10)11(3,4)5/h10,12H,1,6-8H2,2-5H3/t10-/m1/s1. The quantitative estimate of drug-likeness (QED) is 0.702. The summed E-state index contributed by atoms with van der Waals surface area (Å²) in [6, 6.07) is 0.608. The summed E-state index contributed by atoms with van der Waals surface area (Å²) in [4.78, 5) is 2.52. The fraction of sp³-hybridized carbons (Fsp3) is 0.818. The van der Waals surface area contributed by atoms with E-state index in [1.54, 1.807) is 0 Å². The van der Waals surface area contributed by atoms with Crippen LogP contribution in [0.15, 0.2) is 12.3 Å². The van der Waals surface area contributed by atoms with Crippen LogP contribution in [0.4, 0.5) is 0 Å². The molecule has 1 fully saturated rings. The SMILES string of the molecule is C=C(C)N[C@@H]1CCN(C(C)(C)C)C1. The van der Waals surface area contributed by atoms with E-state index in [2.05, 4.69) is 37.6 Å². The molecule has 0 aliphatic carbocycles. The average Bonchev–Trinajstić information content (AvgIpc) is 2.32. The van der Waals surface area contributed by atoms with Crippen molar-refractivity contribution in [3.05, 3.63) is 12.3 Å². The monoisotopic (exact) mass is 182 g/mol. The summed E-state index contributed by atoms with van der Waals surface area (Å²) in [6.45, 7) is 15.1. The van der Waals surface area contributed by atoms with Crippen molar-refractivity contribution in [1.29, 1.82) is 0 Å². The molecule has 1 rings (SSSR count). The molecule has 0 spiro atoms. The van der Waals surface area contributed by atoms with Gasteiger partial charge in [-0.2, -0.15) is 0 Å². The number of rotatable bonds is 2. The molecule has 0 aromatic heterocycles. The second-order valence-corrected chi connectivity index (χ2v) is 5.03. The lowest BCUT2D eigenvalue weighted by molar-refractivity contribution is 0.171. The lowest BCUT2D eigenvalue weighted by atomic mass is 10.1. The molecule has 0 amide bonds. The summed E-state index contributed by atoms with van der Waals surface area (Å²) in [5.41, 5.74) is 1.40. The molecule has 1 heterocycles. The van der Waals surface area contributed by atoms with Gasteiger partial charge in [0, 0.05) is 30.4 Å². The molecule has 76 valence electrons. The second kappa shape index (κ2) is 3.70. The first-order valence-corrected chi connectivity index (χ1v) is 5.06. The molecule has 1 aliphatic heterocycles. The molecule has 1 aliphatic rings. The van der Waals surface area contributed by atoms with Gasteiger partial charge >= 0.3 is 0 Å². The van der Waals surface area contributed by atoms with Gasteiger partial charge in [0.05, 0.1) is 0 Å². The van der Waals surface area contributed by atoms with E-state index in [0.717, 1.165) is 12.2 Å². The third-order valence-corrected chi connectivity index (χ3v) is 2.59. The zero-order chi connectivity index (χ0) is 10.1. The van der Waals surface area contributed by atoms with Gasteiger partial charge in [-0.3, -0.25) is 4.90 Å². The highest BCUT2D eigenvalue weighted by atomic mass is 15.2. The largest absolute Gasteiger partial charge is 0.385 e. The van der Waals surface area contributed by atoms with Crippen LogP contribution in [0, 0.1) is 0 Å². The van der Waals surface area contributed by atoms with Crippen molar-refractivity contribution in [2.75, 3.05) is 13.1 Å². The summed E-state index contributed by atoms with van der Waals surface area (Å²) >= 11 is 0. The predicted octanol–water partition coefficient (Wildman–Crippen LogP) is 1.98. The molecule has 1 N–H and O–H groups in total. The fourth-order valence-electron chi connectivity index (χ4n) is 1.84. The van der Waals surface area contributed by atoms with E-state index >= 15 is 0 Å². The lowest BCUT2D eigenvalue weighted by Gasteiger charge is -2.31. The van der Waals surface area contributed by atoms with Gasteiger partial charge in [-0.25, -0.2) is 0 Å². The van der Waals surface area contributed by atoms with Crippen LogP contribution < -0.4 is 5.32 Å². The third-order valence-electron chi connectivity index (χ3n) is 2.59. The van der Waals surface area contributed by atoms with Gasteiger partial charge in [-0.1, -0.05) is 6.58 Å². The Morgan fingerprint density at radius 3 is 2.46 bits per heavy atom. The van der Waals surface area contributed by atoms with E-state index < -0.39 is 0 Å². The van der Waals surface area contributed by atoms with Gasteiger partial charge < -0.3 is 5.32 Å². The van der Waals surface area contributed by atoms with Crippen molar-refractivity contribution < 1.29 is 0 Å². The van der Waals surface area contributed by atoms with E-state index in [-0.39, 0.29) is 0 Å². The van der Waals surface area contributed by atoms with E-state index in [1.165, 1.54) is 13.0 Å². The molecule has 2 heteroatoms. The fourth-order valence-corrected chi connectivity index (χ4v) is 1.84. The Hall–Kier alpha value is -0.500. The molecule has 0 bridgehead atoms. The van der Waals surface area contributed by atoms with E-state index in [4.69, 9.17) is 0 Å². The Morgan fingerprint density at radius 2 is 2.08 bits per heavy atom. The van der Waals surface area contributed by atoms with Gasteiger partial charge in [0.15, 0.2) is 0 Å². The number of allylic oxidation sites excluding steroid dienone is 1. The summed E-state index contributed by atoms with van der Waals surface area (Å²) in [7, 11) is 0. The van der Waals surface area contributed by atoms with Gasteiger partial charge in [0.25, 0.3) is 0 Å². The molecule has 0 unspecified atom stereocenters. The second-order valence-electron chi connectivity index (χ2n) is 5.03. The highest BCUT2D eigenvalue weighted by Gasteiger charge is 2.29. The molecule has 0 aromatic carbocycles. The maximum Gasteiger partial charge on any atom is 0.0397 e. The minimum Gasteiger partial charge on any atom is -0.385 e. The minimum atomic E-state index is 0.311. The summed E-state index contributed by atoms with van der Waals surface area (Å²) in [5.74, 6) is 0. The maximum absolute atomic E-state index is 3.88. The molecule has 0 radical (unpaired) electrons.